The largest absolute Gasteiger partial charge is 0.376 e. The molecule has 0 spiro atoms. The molecular weight excluding hydrogens is 368 g/mol. The molecule has 0 aliphatic heterocycles. The van der Waals surface area contributed by atoms with E-state index < -0.39 is 0 Å². The summed E-state index contributed by atoms with van der Waals surface area (Å²) in [6.45, 7) is 6.43. The molecule has 154 valence electrons. The summed E-state index contributed by atoms with van der Waals surface area (Å²) in [5.41, 5.74) is 2.35. The molecule has 0 aliphatic rings. The average Bonchev–Trinajstić information content (AvgIpc) is 2.72. The van der Waals surface area contributed by atoms with Crippen LogP contribution in [-0.2, 0) is 4.79 Å². The number of carbonyl (C=O) groups excluding carboxylic acids is 3. The first kappa shape index (κ1) is 21.9. The van der Waals surface area contributed by atoms with E-state index in [1.165, 1.54) is 0 Å². The molecule has 1 unspecified atom stereocenters. The predicted octanol–water partition coefficient (Wildman–Crippen LogP) is 3.02. The van der Waals surface area contributed by atoms with Crippen molar-refractivity contribution in [2.45, 2.75) is 33.2 Å². The molecule has 2 aromatic carbocycles. The second-order valence-electron chi connectivity index (χ2n) is 6.70. The van der Waals surface area contributed by atoms with Crippen LogP contribution < -0.4 is 21.3 Å². The van der Waals surface area contributed by atoms with Crippen LogP contribution in [0.25, 0.3) is 0 Å². The van der Waals surface area contributed by atoms with Gasteiger partial charge in [-0.15, -0.1) is 0 Å². The SMILES string of the molecule is CCNC(=O)c1ccc(NCC(=O)Nc2cccc(C(=O)NC(C)CC)c2)cc1. The first-order chi connectivity index (χ1) is 13.9. The molecule has 0 heterocycles. The van der Waals surface area contributed by atoms with Gasteiger partial charge in [0.2, 0.25) is 5.91 Å². The maximum Gasteiger partial charge on any atom is 0.251 e. The third-order valence-electron chi connectivity index (χ3n) is 4.34. The number of nitrogens with one attached hydrogen (secondary N) is 4. The van der Waals surface area contributed by atoms with Crippen molar-refractivity contribution in [2.24, 2.45) is 0 Å². The van der Waals surface area contributed by atoms with Crippen LogP contribution in [0.15, 0.2) is 48.5 Å². The lowest BCUT2D eigenvalue weighted by Gasteiger charge is -2.12. The summed E-state index contributed by atoms with van der Waals surface area (Å²) >= 11 is 0. The van der Waals surface area contributed by atoms with Crippen LogP contribution in [0.1, 0.15) is 47.9 Å². The predicted molar refractivity (Wildman–Crippen MR) is 115 cm³/mol. The van der Waals surface area contributed by atoms with Crippen LogP contribution in [0, 0.1) is 0 Å². The maximum atomic E-state index is 12.2. The van der Waals surface area contributed by atoms with Crippen LogP contribution >= 0.6 is 0 Å². The Bertz CT molecular complexity index is 849. The summed E-state index contributed by atoms with van der Waals surface area (Å²) in [5.74, 6) is -0.535. The van der Waals surface area contributed by atoms with E-state index in [1.807, 2.05) is 20.8 Å². The molecule has 2 aromatic rings. The number of hydrogen-bond acceptors (Lipinski definition) is 4. The normalized spacial score (nSPS) is 11.3. The molecule has 29 heavy (non-hydrogen) atoms. The Morgan fingerprint density at radius 1 is 0.897 bits per heavy atom. The molecule has 3 amide bonds. The van der Waals surface area contributed by atoms with Crippen LogP contribution in [0.3, 0.4) is 0 Å². The lowest BCUT2D eigenvalue weighted by atomic mass is 10.1. The van der Waals surface area contributed by atoms with Gasteiger partial charge in [-0.25, -0.2) is 0 Å². The van der Waals surface area contributed by atoms with E-state index in [9.17, 15) is 14.4 Å². The van der Waals surface area contributed by atoms with Crippen molar-refractivity contribution in [1.82, 2.24) is 10.6 Å². The zero-order valence-corrected chi connectivity index (χ0v) is 17.0. The van der Waals surface area contributed by atoms with Gasteiger partial charge in [0, 0.05) is 35.1 Å². The van der Waals surface area contributed by atoms with E-state index in [1.54, 1.807) is 48.5 Å². The molecule has 0 aromatic heterocycles. The van der Waals surface area contributed by atoms with Crippen LogP contribution in [0.2, 0.25) is 0 Å². The number of hydrogen-bond donors (Lipinski definition) is 4. The Kier molecular flexibility index (Phi) is 8.21. The summed E-state index contributed by atoms with van der Waals surface area (Å²) in [4.78, 5) is 36.2. The fourth-order valence-corrected chi connectivity index (χ4v) is 2.54. The maximum absolute atomic E-state index is 12.2. The highest BCUT2D eigenvalue weighted by Crippen LogP contribution is 2.12. The Balaban J connectivity index is 1.88. The molecule has 7 nitrogen and oxygen atoms in total. The molecule has 1 atom stereocenters. The molecule has 0 saturated heterocycles. The molecule has 2 rings (SSSR count). The van der Waals surface area contributed by atoms with E-state index in [0.717, 1.165) is 12.1 Å². The van der Waals surface area contributed by atoms with Crippen molar-refractivity contribution in [3.05, 3.63) is 59.7 Å². The van der Waals surface area contributed by atoms with Gasteiger partial charge < -0.3 is 21.3 Å². The number of benzene rings is 2. The molecule has 0 fully saturated rings. The zero-order chi connectivity index (χ0) is 21.2. The smallest absolute Gasteiger partial charge is 0.251 e. The first-order valence-electron chi connectivity index (χ1n) is 9.75. The monoisotopic (exact) mass is 396 g/mol. The lowest BCUT2D eigenvalue weighted by molar-refractivity contribution is -0.114. The fraction of sp³-hybridized carbons (Fsp3) is 0.318. The minimum atomic E-state index is -0.239. The molecule has 7 heteroatoms. The topological polar surface area (TPSA) is 99.3 Å². The summed E-state index contributed by atoms with van der Waals surface area (Å²) in [6.07, 6.45) is 0.845. The van der Waals surface area contributed by atoms with Crippen molar-refractivity contribution < 1.29 is 14.4 Å². The lowest BCUT2D eigenvalue weighted by Crippen LogP contribution is -2.32. The van der Waals surface area contributed by atoms with E-state index in [-0.39, 0.29) is 30.3 Å². The Labute approximate surface area is 171 Å². The van der Waals surface area contributed by atoms with E-state index in [4.69, 9.17) is 0 Å². The standard InChI is InChI=1S/C22H28N4O3/c1-4-15(3)25-22(29)17-7-6-8-19(13-17)26-20(27)14-24-18-11-9-16(10-12-18)21(28)23-5-2/h6-13,15,24H,4-5,14H2,1-3H3,(H,23,28)(H,25,29)(H,26,27). The molecule has 4 N–H and O–H groups in total. The molecule has 0 saturated carbocycles. The van der Waals surface area contributed by atoms with Gasteiger partial charge in [0.25, 0.3) is 11.8 Å². The summed E-state index contributed by atoms with van der Waals surface area (Å²) in [7, 11) is 0. The third kappa shape index (κ3) is 6.95. The Morgan fingerprint density at radius 2 is 1.62 bits per heavy atom. The fourth-order valence-electron chi connectivity index (χ4n) is 2.54. The molecule has 0 radical (unpaired) electrons. The van der Waals surface area contributed by atoms with Gasteiger partial charge in [-0.05, 0) is 62.7 Å². The summed E-state index contributed by atoms with van der Waals surface area (Å²) in [6, 6.07) is 13.8. The van der Waals surface area contributed by atoms with Gasteiger partial charge in [-0.3, -0.25) is 14.4 Å². The van der Waals surface area contributed by atoms with Crippen LogP contribution in [-0.4, -0.2) is 36.9 Å². The molecule has 0 aliphatic carbocycles. The van der Waals surface area contributed by atoms with Crippen molar-refractivity contribution >= 4 is 29.1 Å². The van der Waals surface area contributed by atoms with Crippen LogP contribution in [0.4, 0.5) is 11.4 Å². The quantitative estimate of drug-likeness (QED) is 0.524. The third-order valence-corrected chi connectivity index (χ3v) is 4.34. The van der Waals surface area contributed by atoms with Gasteiger partial charge in [0.05, 0.1) is 6.54 Å². The highest BCUT2D eigenvalue weighted by Gasteiger charge is 2.10. The van der Waals surface area contributed by atoms with E-state index in [2.05, 4.69) is 21.3 Å². The number of rotatable bonds is 9. The summed E-state index contributed by atoms with van der Waals surface area (Å²) < 4.78 is 0. The zero-order valence-electron chi connectivity index (χ0n) is 17.0. The second kappa shape index (κ2) is 10.8. The highest BCUT2D eigenvalue weighted by molar-refractivity contribution is 5.98. The van der Waals surface area contributed by atoms with Crippen molar-refractivity contribution in [1.29, 1.82) is 0 Å². The van der Waals surface area contributed by atoms with E-state index in [0.29, 0.717) is 23.4 Å². The van der Waals surface area contributed by atoms with Crippen molar-refractivity contribution in [2.75, 3.05) is 23.7 Å². The second-order valence-corrected chi connectivity index (χ2v) is 6.70. The number of amides is 3. The Hall–Kier alpha value is -3.35. The minimum Gasteiger partial charge on any atom is -0.376 e. The van der Waals surface area contributed by atoms with Crippen LogP contribution in [0.5, 0.6) is 0 Å². The molecule has 0 bridgehead atoms. The van der Waals surface area contributed by atoms with Gasteiger partial charge in [0.1, 0.15) is 0 Å². The first-order valence-corrected chi connectivity index (χ1v) is 9.75. The van der Waals surface area contributed by atoms with Gasteiger partial charge >= 0.3 is 0 Å². The van der Waals surface area contributed by atoms with E-state index >= 15 is 0 Å². The van der Waals surface area contributed by atoms with Crippen molar-refractivity contribution in [3.8, 4) is 0 Å². The Morgan fingerprint density at radius 3 is 2.28 bits per heavy atom. The summed E-state index contributed by atoms with van der Waals surface area (Å²) in [5, 5.41) is 11.4. The number of anilines is 2. The van der Waals surface area contributed by atoms with Gasteiger partial charge in [0.15, 0.2) is 0 Å². The van der Waals surface area contributed by atoms with Gasteiger partial charge in [-0.2, -0.15) is 0 Å². The molecular formula is C22H28N4O3. The number of carbonyl (C=O) groups is 3. The minimum absolute atomic E-state index is 0.0593. The van der Waals surface area contributed by atoms with Gasteiger partial charge in [-0.1, -0.05) is 13.0 Å². The average molecular weight is 396 g/mol. The highest BCUT2D eigenvalue weighted by atomic mass is 16.2. The van der Waals surface area contributed by atoms with Crippen molar-refractivity contribution in [3.63, 3.8) is 0 Å².